The second-order valence-electron chi connectivity index (χ2n) is 6.20. The molecule has 3 rings (SSSR count). The largest absolute Gasteiger partial charge is 0.292 e. The summed E-state index contributed by atoms with van der Waals surface area (Å²) in [6.07, 6.45) is -0.143. The Labute approximate surface area is 169 Å². The lowest BCUT2D eigenvalue weighted by Gasteiger charge is -2.29. The van der Waals surface area contributed by atoms with Gasteiger partial charge in [-0.1, -0.05) is 11.6 Å². The molecule has 1 aliphatic rings. The van der Waals surface area contributed by atoms with E-state index in [-0.39, 0.29) is 29.7 Å². The summed E-state index contributed by atoms with van der Waals surface area (Å²) in [6.45, 7) is -0.561. The predicted octanol–water partition coefficient (Wildman–Crippen LogP) is 2.64. The highest BCUT2D eigenvalue weighted by Crippen LogP contribution is 2.20. The van der Waals surface area contributed by atoms with Crippen LogP contribution in [0, 0.1) is 10.1 Å². The molecule has 3 amide bonds. The fraction of sp³-hybridized carbons (Fsp3) is 0.158. The van der Waals surface area contributed by atoms with E-state index in [2.05, 4.69) is 0 Å². The first-order chi connectivity index (χ1) is 13.8. The topological polar surface area (TPSA) is 118 Å². The number of hydrogen-bond acceptors (Lipinski definition) is 6. The lowest BCUT2D eigenvalue weighted by Crippen LogP contribution is -2.51. The summed E-state index contributed by atoms with van der Waals surface area (Å²) in [4.78, 5) is 60.1. The van der Waals surface area contributed by atoms with Crippen molar-refractivity contribution in [2.24, 2.45) is 0 Å². The van der Waals surface area contributed by atoms with Gasteiger partial charge in [-0.25, -0.2) is 5.01 Å². The van der Waals surface area contributed by atoms with Gasteiger partial charge in [-0.05, 0) is 36.4 Å². The molecule has 0 spiro atoms. The lowest BCUT2D eigenvalue weighted by atomic mass is 10.1. The van der Waals surface area contributed by atoms with Gasteiger partial charge in [0.2, 0.25) is 11.8 Å². The third kappa shape index (κ3) is 4.30. The number of ketones is 1. The number of hydrogen-bond donors (Lipinski definition) is 0. The van der Waals surface area contributed by atoms with E-state index in [1.165, 1.54) is 36.4 Å². The standard InChI is InChI=1S/C19H14ClN3O6/c20-14-5-1-12(2-6-14)16(24)11-21(22-17(25)9-10-18(22)26)19(27)13-3-7-15(8-4-13)23(28)29/h1-8H,9-11H2. The minimum Gasteiger partial charge on any atom is -0.292 e. The first-order valence-electron chi connectivity index (χ1n) is 8.48. The van der Waals surface area contributed by atoms with E-state index in [1.54, 1.807) is 0 Å². The normalized spacial score (nSPS) is 13.5. The van der Waals surface area contributed by atoms with Gasteiger partial charge in [-0.3, -0.25) is 29.3 Å². The number of amides is 3. The maximum atomic E-state index is 13.0. The van der Waals surface area contributed by atoms with Gasteiger partial charge in [-0.2, -0.15) is 5.01 Å². The Bertz CT molecular complexity index is 988. The summed E-state index contributed by atoms with van der Waals surface area (Å²) in [6, 6.07) is 10.6. The van der Waals surface area contributed by atoms with E-state index < -0.39 is 35.0 Å². The minimum atomic E-state index is -0.800. The van der Waals surface area contributed by atoms with Crippen LogP contribution in [0.5, 0.6) is 0 Å². The molecule has 1 saturated heterocycles. The zero-order valence-electron chi connectivity index (χ0n) is 14.9. The fourth-order valence-corrected chi connectivity index (χ4v) is 2.93. The maximum Gasteiger partial charge on any atom is 0.273 e. The zero-order chi connectivity index (χ0) is 21.1. The van der Waals surface area contributed by atoms with Crippen molar-refractivity contribution < 1.29 is 24.1 Å². The smallest absolute Gasteiger partial charge is 0.273 e. The van der Waals surface area contributed by atoms with Gasteiger partial charge < -0.3 is 0 Å². The number of benzene rings is 2. The van der Waals surface area contributed by atoms with Crippen LogP contribution in [-0.4, -0.2) is 45.0 Å². The van der Waals surface area contributed by atoms with E-state index in [9.17, 15) is 29.3 Å². The quantitative estimate of drug-likeness (QED) is 0.310. The van der Waals surface area contributed by atoms with Crippen molar-refractivity contribution in [1.29, 1.82) is 0 Å². The van der Waals surface area contributed by atoms with Crippen molar-refractivity contribution in [2.45, 2.75) is 12.8 Å². The van der Waals surface area contributed by atoms with Gasteiger partial charge >= 0.3 is 0 Å². The molecule has 0 radical (unpaired) electrons. The molecule has 0 N–H and O–H groups in total. The minimum absolute atomic E-state index is 0.00740. The summed E-state index contributed by atoms with van der Waals surface area (Å²) in [7, 11) is 0. The molecule has 1 heterocycles. The summed E-state index contributed by atoms with van der Waals surface area (Å²) in [5.41, 5.74) is 0.0145. The van der Waals surface area contributed by atoms with Crippen molar-refractivity contribution >= 4 is 40.8 Å². The Morgan fingerprint density at radius 1 is 0.966 bits per heavy atom. The van der Waals surface area contributed by atoms with Crippen LogP contribution < -0.4 is 0 Å². The van der Waals surface area contributed by atoms with E-state index in [4.69, 9.17) is 11.6 Å². The van der Waals surface area contributed by atoms with Crippen molar-refractivity contribution in [1.82, 2.24) is 10.0 Å². The van der Waals surface area contributed by atoms with E-state index >= 15 is 0 Å². The first kappa shape index (κ1) is 20.2. The summed E-state index contributed by atoms with van der Waals surface area (Å²) in [5.74, 6) is -2.52. The molecule has 0 aromatic heterocycles. The molecular weight excluding hydrogens is 402 g/mol. The number of non-ortho nitro benzene ring substituents is 1. The molecule has 2 aromatic carbocycles. The molecule has 0 atom stereocenters. The molecule has 1 fully saturated rings. The Hall–Kier alpha value is -3.59. The predicted molar refractivity (Wildman–Crippen MR) is 101 cm³/mol. The lowest BCUT2D eigenvalue weighted by molar-refractivity contribution is -0.384. The van der Waals surface area contributed by atoms with Crippen LogP contribution in [-0.2, 0) is 9.59 Å². The number of rotatable bonds is 6. The molecule has 29 heavy (non-hydrogen) atoms. The van der Waals surface area contributed by atoms with Crippen molar-refractivity contribution in [2.75, 3.05) is 6.54 Å². The van der Waals surface area contributed by atoms with E-state index in [0.717, 1.165) is 17.1 Å². The number of carbonyl (C=O) groups excluding carboxylic acids is 4. The number of halogens is 1. The highest BCUT2D eigenvalue weighted by Gasteiger charge is 2.38. The van der Waals surface area contributed by atoms with Crippen LogP contribution in [0.4, 0.5) is 5.69 Å². The monoisotopic (exact) mass is 415 g/mol. The maximum absolute atomic E-state index is 13.0. The Kier molecular flexibility index (Phi) is 5.69. The summed E-state index contributed by atoms with van der Waals surface area (Å²) in [5, 5.41) is 12.7. The molecule has 10 heteroatoms. The van der Waals surface area contributed by atoms with Crippen LogP contribution in [0.2, 0.25) is 5.02 Å². The number of nitro groups is 1. The van der Waals surface area contributed by atoms with Crippen LogP contribution in [0.1, 0.15) is 33.6 Å². The van der Waals surface area contributed by atoms with Crippen molar-refractivity contribution in [3.63, 3.8) is 0 Å². The molecule has 0 saturated carbocycles. The first-order valence-corrected chi connectivity index (χ1v) is 8.86. The molecule has 2 aromatic rings. The molecule has 148 valence electrons. The number of nitro benzene ring substituents is 1. The highest BCUT2D eigenvalue weighted by molar-refractivity contribution is 6.30. The Morgan fingerprint density at radius 3 is 2.00 bits per heavy atom. The Morgan fingerprint density at radius 2 is 1.48 bits per heavy atom. The average Bonchev–Trinajstić information content (AvgIpc) is 3.04. The number of Topliss-reactive ketones (excluding diaryl/α,β-unsaturated/α-hetero) is 1. The Balaban J connectivity index is 1.92. The zero-order valence-corrected chi connectivity index (χ0v) is 15.7. The van der Waals surface area contributed by atoms with Gasteiger partial charge in [0.05, 0.1) is 4.92 Å². The van der Waals surface area contributed by atoms with Crippen molar-refractivity contribution in [3.05, 3.63) is 74.8 Å². The highest BCUT2D eigenvalue weighted by atomic mass is 35.5. The molecule has 0 unspecified atom stereocenters. The number of hydrazine groups is 1. The average molecular weight is 416 g/mol. The second kappa shape index (κ2) is 8.19. The van der Waals surface area contributed by atoms with Gasteiger partial charge in [0.25, 0.3) is 11.6 Å². The van der Waals surface area contributed by atoms with Crippen LogP contribution in [0.25, 0.3) is 0 Å². The number of imide groups is 1. The third-order valence-corrected chi connectivity index (χ3v) is 4.54. The van der Waals surface area contributed by atoms with Gasteiger partial charge in [0.15, 0.2) is 5.78 Å². The number of carbonyl (C=O) groups is 4. The van der Waals surface area contributed by atoms with Gasteiger partial charge in [0, 0.05) is 41.1 Å². The molecule has 9 nitrogen and oxygen atoms in total. The molecule has 1 aliphatic heterocycles. The SMILES string of the molecule is O=C(CN(C(=O)c1ccc([N+](=O)[O-])cc1)N1C(=O)CCC1=O)c1ccc(Cl)cc1. The van der Waals surface area contributed by atoms with Crippen molar-refractivity contribution in [3.8, 4) is 0 Å². The van der Waals surface area contributed by atoms with E-state index in [1.807, 2.05) is 0 Å². The van der Waals surface area contributed by atoms with Crippen LogP contribution in [0.15, 0.2) is 48.5 Å². The summed E-state index contributed by atoms with van der Waals surface area (Å²) < 4.78 is 0. The second-order valence-corrected chi connectivity index (χ2v) is 6.63. The fourth-order valence-electron chi connectivity index (χ4n) is 2.81. The van der Waals surface area contributed by atoms with Gasteiger partial charge in [0.1, 0.15) is 6.54 Å². The summed E-state index contributed by atoms with van der Waals surface area (Å²) >= 11 is 5.81. The van der Waals surface area contributed by atoms with E-state index in [0.29, 0.717) is 10.0 Å². The van der Waals surface area contributed by atoms with Crippen LogP contribution in [0.3, 0.4) is 0 Å². The number of nitrogens with zero attached hydrogens (tertiary/aromatic N) is 3. The molecular formula is C19H14ClN3O6. The molecule has 0 aliphatic carbocycles. The van der Waals surface area contributed by atoms with Crippen LogP contribution >= 0.6 is 11.6 Å². The third-order valence-electron chi connectivity index (χ3n) is 4.29. The van der Waals surface area contributed by atoms with Gasteiger partial charge in [-0.15, -0.1) is 0 Å². The molecule has 0 bridgehead atoms.